The van der Waals surface area contributed by atoms with E-state index < -0.39 is 52.0 Å². The molecule has 0 radical (unpaired) electrons. The van der Waals surface area contributed by atoms with Crippen molar-refractivity contribution in [3.63, 3.8) is 0 Å². The van der Waals surface area contributed by atoms with E-state index in [1.807, 2.05) is 0 Å². The number of nitrogens with one attached hydrogen (secondary N) is 1. The van der Waals surface area contributed by atoms with Gasteiger partial charge in [-0.1, -0.05) is 36.4 Å². The summed E-state index contributed by atoms with van der Waals surface area (Å²) in [5.41, 5.74) is -1.03. The van der Waals surface area contributed by atoms with Crippen LogP contribution in [0.1, 0.15) is 18.1 Å². The lowest BCUT2D eigenvalue weighted by Crippen LogP contribution is -2.50. The standard InChI is InChI=1S/C26H25F4N3O4S/c1-18(25(35)31-2)32(16-19-11-13-21(27)14-12-19)24(34)17-33(38(36,37)23-9-4-3-5-10-23)22-8-6-7-20(15-22)26(28,29)30/h3-15,18H,16-17H2,1-2H3,(H,31,35)/t18-/m0/s1. The average Bonchev–Trinajstić information content (AvgIpc) is 2.90. The fraction of sp³-hybridized carbons (Fsp3) is 0.231. The second-order valence-electron chi connectivity index (χ2n) is 8.31. The largest absolute Gasteiger partial charge is 0.416 e. The van der Waals surface area contributed by atoms with E-state index in [9.17, 15) is 35.6 Å². The van der Waals surface area contributed by atoms with Crippen LogP contribution in [0.25, 0.3) is 0 Å². The predicted octanol–water partition coefficient (Wildman–Crippen LogP) is 4.20. The van der Waals surface area contributed by atoms with Gasteiger partial charge in [0.15, 0.2) is 0 Å². The molecule has 0 aliphatic rings. The Morgan fingerprint density at radius 3 is 2.16 bits per heavy atom. The molecule has 3 aromatic rings. The molecule has 2 amide bonds. The number of anilines is 1. The normalized spacial score (nSPS) is 12.5. The molecule has 0 saturated carbocycles. The molecule has 1 atom stereocenters. The Morgan fingerprint density at radius 2 is 1.58 bits per heavy atom. The summed E-state index contributed by atoms with van der Waals surface area (Å²) in [5.74, 6) is -1.94. The van der Waals surface area contributed by atoms with Gasteiger partial charge in [0.25, 0.3) is 10.0 Å². The van der Waals surface area contributed by atoms with Crippen LogP contribution in [0.15, 0.2) is 83.8 Å². The topological polar surface area (TPSA) is 86.8 Å². The number of benzene rings is 3. The second kappa shape index (κ2) is 11.6. The van der Waals surface area contributed by atoms with E-state index in [1.54, 1.807) is 6.07 Å². The van der Waals surface area contributed by atoms with Gasteiger partial charge in [0.05, 0.1) is 16.1 Å². The van der Waals surface area contributed by atoms with Gasteiger partial charge in [-0.25, -0.2) is 12.8 Å². The van der Waals surface area contributed by atoms with Crippen molar-refractivity contribution in [3.05, 3.63) is 95.8 Å². The molecule has 0 fully saturated rings. The molecule has 38 heavy (non-hydrogen) atoms. The van der Waals surface area contributed by atoms with E-state index in [1.165, 1.54) is 50.4 Å². The highest BCUT2D eigenvalue weighted by Gasteiger charge is 2.35. The molecule has 0 saturated heterocycles. The summed E-state index contributed by atoms with van der Waals surface area (Å²) in [6.07, 6.45) is -4.76. The summed E-state index contributed by atoms with van der Waals surface area (Å²) < 4.78 is 81.4. The van der Waals surface area contributed by atoms with E-state index in [0.29, 0.717) is 15.9 Å². The summed E-state index contributed by atoms with van der Waals surface area (Å²) in [7, 11) is -3.15. The SMILES string of the molecule is CNC(=O)[C@H](C)N(Cc1ccc(F)cc1)C(=O)CN(c1cccc(C(F)(F)F)c1)S(=O)(=O)c1ccccc1. The summed E-state index contributed by atoms with van der Waals surface area (Å²) in [6.45, 7) is 0.331. The van der Waals surface area contributed by atoms with Crippen LogP contribution in [-0.4, -0.2) is 44.8 Å². The summed E-state index contributed by atoms with van der Waals surface area (Å²) in [6, 6.07) is 14.6. The first kappa shape index (κ1) is 28.6. The van der Waals surface area contributed by atoms with Crippen molar-refractivity contribution in [2.24, 2.45) is 0 Å². The maximum atomic E-state index is 13.6. The minimum absolute atomic E-state index is 0.185. The van der Waals surface area contributed by atoms with E-state index >= 15 is 0 Å². The van der Waals surface area contributed by atoms with Crippen molar-refractivity contribution >= 4 is 27.5 Å². The maximum absolute atomic E-state index is 13.6. The molecule has 0 bridgehead atoms. The number of carbonyl (C=O) groups is 2. The lowest BCUT2D eigenvalue weighted by molar-refractivity contribution is -0.139. The monoisotopic (exact) mass is 551 g/mol. The molecule has 202 valence electrons. The van der Waals surface area contributed by atoms with Gasteiger partial charge in [0.2, 0.25) is 11.8 Å². The van der Waals surface area contributed by atoms with E-state index in [0.717, 1.165) is 35.2 Å². The van der Waals surface area contributed by atoms with E-state index in [2.05, 4.69) is 5.32 Å². The van der Waals surface area contributed by atoms with Gasteiger partial charge < -0.3 is 10.2 Å². The summed E-state index contributed by atoms with van der Waals surface area (Å²) in [4.78, 5) is 26.8. The number of amides is 2. The van der Waals surface area contributed by atoms with Crippen LogP contribution in [0.3, 0.4) is 0 Å². The number of likely N-dealkylation sites (N-methyl/N-ethyl adjacent to an activating group) is 1. The molecular formula is C26H25F4N3O4S. The first-order valence-electron chi connectivity index (χ1n) is 11.3. The Morgan fingerprint density at radius 1 is 0.947 bits per heavy atom. The highest BCUT2D eigenvalue weighted by Crippen LogP contribution is 2.33. The average molecular weight is 552 g/mol. The Hall–Kier alpha value is -3.93. The van der Waals surface area contributed by atoms with Crippen LogP contribution in [0, 0.1) is 5.82 Å². The zero-order valence-electron chi connectivity index (χ0n) is 20.4. The van der Waals surface area contributed by atoms with Crippen LogP contribution >= 0.6 is 0 Å². The molecule has 7 nitrogen and oxygen atoms in total. The van der Waals surface area contributed by atoms with Crippen LogP contribution < -0.4 is 9.62 Å². The third kappa shape index (κ3) is 6.68. The molecule has 3 aromatic carbocycles. The zero-order valence-corrected chi connectivity index (χ0v) is 21.3. The van der Waals surface area contributed by atoms with E-state index in [4.69, 9.17) is 0 Å². The first-order valence-corrected chi connectivity index (χ1v) is 12.8. The van der Waals surface area contributed by atoms with Crippen molar-refractivity contribution in [3.8, 4) is 0 Å². The number of alkyl halides is 3. The van der Waals surface area contributed by atoms with Gasteiger partial charge in [-0.15, -0.1) is 0 Å². The maximum Gasteiger partial charge on any atom is 0.416 e. The molecule has 0 aliphatic carbocycles. The zero-order chi connectivity index (χ0) is 28.1. The summed E-state index contributed by atoms with van der Waals surface area (Å²) >= 11 is 0. The fourth-order valence-electron chi connectivity index (χ4n) is 3.66. The third-order valence-corrected chi connectivity index (χ3v) is 7.54. The minimum Gasteiger partial charge on any atom is -0.357 e. The smallest absolute Gasteiger partial charge is 0.357 e. The van der Waals surface area contributed by atoms with Gasteiger partial charge in [0.1, 0.15) is 18.4 Å². The number of sulfonamides is 1. The van der Waals surface area contributed by atoms with Crippen LogP contribution in [0.2, 0.25) is 0 Å². The number of nitrogens with zero attached hydrogens (tertiary/aromatic N) is 2. The minimum atomic E-state index is -4.76. The number of hydrogen-bond acceptors (Lipinski definition) is 4. The lowest BCUT2D eigenvalue weighted by Gasteiger charge is -2.32. The highest BCUT2D eigenvalue weighted by molar-refractivity contribution is 7.92. The van der Waals surface area contributed by atoms with Crippen LogP contribution in [0.5, 0.6) is 0 Å². The first-order chi connectivity index (χ1) is 17.8. The van der Waals surface area contributed by atoms with Gasteiger partial charge in [0, 0.05) is 13.6 Å². The molecule has 12 heteroatoms. The van der Waals surface area contributed by atoms with Crippen molar-refractivity contribution in [2.75, 3.05) is 17.9 Å². The van der Waals surface area contributed by atoms with Gasteiger partial charge >= 0.3 is 6.18 Å². The van der Waals surface area contributed by atoms with Crippen molar-refractivity contribution < 1.29 is 35.6 Å². The molecule has 1 N–H and O–H groups in total. The number of carbonyl (C=O) groups excluding carboxylic acids is 2. The van der Waals surface area contributed by atoms with Gasteiger partial charge in [-0.2, -0.15) is 13.2 Å². The quantitative estimate of drug-likeness (QED) is 0.404. The van der Waals surface area contributed by atoms with Crippen molar-refractivity contribution in [2.45, 2.75) is 30.6 Å². The number of rotatable bonds is 9. The molecule has 0 unspecified atom stereocenters. The molecule has 0 spiro atoms. The Bertz CT molecular complexity index is 1380. The number of hydrogen-bond donors (Lipinski definition) is 1. The van der Waals surface area contributed by atoms with Crippen LogP contribution in [0.4, 0.5) is 23.2 Å². The molecule has 0 aliphatic heterocycles. The summed E-state index contributed by atoms with van der Waals surface area (Å²) in [5, 5.41) is 2.41. The van der Waals surface area contributed by atoms with Gasteiger partial charge in [-0.3, -0.25) is 13.9 Å². The third-order valence-electron chi connectivity index (χ3n) is 5.75. The fourth-order valence-corrected chi connectivity index (χ4v) is 5.09. The highest BCUT2D eigenvalue weighted by atomic mass is 32.2. The molecule has 3 rings (SSSR count). The van der Waals surface area contributed by atoms with Crippen molar-refractivity contribution in [1.82, 2.24) is 10.2 Å². The Labute approximate surface area is 217 Å². The van der Waals surface area contributed by atoms with Crippen LogP contribution in [-0.2, 0) is 32.3 Å². The lowest BCUT2D eigenvalue weighted by atomic mass is 10.1. The van der Waals surface area contributed by atoms with E-state index in [-0.39, 0.29) is 17.1 Å². The second-order valence-corrected chi connectivity index (χ2v) is 10.2. The molecular weight excluding hydrogens is 526 g/mol. The Kier molecular flexibility index (Phi) is 8.77. The molecule has 0 aromatic heterocycles. The Balaban J connectivity index is 2.07. The van der Waals surface area contributed by atoms with Gasteiger partial charge in [-0.05, 0) is 55.0 Å². The van der Waals surface area contributed by atoms with Crippen molar-refractivity contribution in [1.29, 1.82) is 0 Å². The predicted molar refractivity (Wildman–Crippen MR) is 133 cm³/mol. The number of halogens is 4. The molecule has 0 heterocycles.